The summed E-state index contributed by atoms with van der Waals surface area (Å²) in [6.07, 6.45) is 6.66. The molecule has 1 spiro atoms. The maximum absolute atomic E-state index is 6.97. The molecule has 1 atom stereocenters. The third-order valence-electron chi connectivity index (χ3n) is 10.6. The van der Waals surface area contributed by atoms with Gasteiger partial charge in [0.2, 0.25) is 0 Å². The van der Waals surface area contributed by atoms with Crippen molar-refractivity contribution in [2.45, 2.75) is 19.3 Å². The first-order valence-corrected chi connectivity index (χ1v) is 18.4. The van der Waals surface area contributed by atoms with Gasteiger partial charge in [-0.2, -0.15) is 0 Å². The second kappa shape index (κ2) is 10.5. The first kappa shape index (κ1) is 28.2. The number of nitrogens with zero attached hydrogens (tertiary/aromatic N) is 1. The van der Waals surface area contributed by atoms with Crippen LogP contribution in [0.25, 0.3) is 38.6 Å². The molecule has 0 amide bonds. The molecule has 0 fully saturated rings. The van der Waals surface area contributed by atoms with Gasteiger partial charge in [0.15, 0.2) is 0 Å². The molecule has 0 saturated heterocycles. The number of allylic oxidation sites excluding steroid dienone is 4. The maximum atomic E-state index is 6.97. The Morgan fingerprint density at radius 2 is 1.30 bits per heavy atom. The van der Waals surface area contributed by atoms with Crippen LogP contribution in [0, 0.1) is 0 Å². The van der Waals surface area contributed by atoms with Crippen LogP contribution in [0.1, 0.15) is 36.1 Å². The number of aromatic nitrogens is 1. The summed E-state index contributed by atoms with van der Waals surface area (Å²) in [5.41, 5.74) is 11.2. The fraction of sp³-hybridized carbons (Fsp3) is 0.0909. The number of benzene rings is 6. The first-order chi connectivity index (χ1) is 23.2. The molecule has 1 aliphatic heterocycles. The molecule has 3 heteroatoms. The third kappa shape index (κ3) is 3.47. The van der Waals surface area contributed by atoms with Crippen LogP contribution in [0.5, 0.6) is 0 Å². The summed E-state index contributed by atoms with van der Waals surface area (Å²) < 4.78 is 9.48. The van der Waals surface area contributed by atoms with Gasteiger partial charge in [-0.1, -0.05) is 0 Å². The molecule has 0 N–H and O–H groups in total. The molecule has 1 aliphatic carbocycles. The van der Waals surface area contributed by atoms with E-state index < -0.39 is 12.9 Å². The van der Waals surface area contributed by atoms with E-state index in [1.165, 1.54) is 76.8 Å². The van der Waals surface area contributed by atoms with Crippen molar-refractivity contribution in [2.75, 3.05) is 7.11 Å². The molecule has 6 aromatic carbocycles. The topological polar surface area (TPSA) is 14.2 Å². The van der Waals surface area contributed by atoms with E-state index >= 15 is 0 Å². The normalized spacial score (nSPS) is 17.0. The van der Waals surface area contributed by atoms with E-state index in [9.17, 15) is 0 Å². The number of para-hydroxylation sites is 3. The molecule has 1 unspecified atom stereocenters. The van der Waals surface area contributed by atoms with Crippen molar-refractivity contribution in [3.63, 3.8) is 0 Å². The summed E-state index contributed by atoms with van der Waals surface area (Å²) in [4.78, 5) is 0. The summed E-state index contributed by atoms with van der Waals surface area (Å²) in [6, 6.07) is 51.9. The van der Waals surface area contributed by atoms with Gasteiger partial charge >= 0.3 is 278 Å². The van der Waals surface area contributed by atoms with E-state index in [2.05, 4.69) is 176 Å². The zero-order valence-corrected chi connectivity index (χ0v) is 27.9. The summed E-state index contributed by atoms with van der Waals surface area (Å²) >= 11 is 0. The van der Waals surface area contributed by atoms with Crippen LogP contribution in [0.2, 0.25) is 0 Å². The van der Waals surface area contributed by atoms with Crippen molar-refractivity contribution in [1.82, 2.24) is 4.57 Å². The van der Waals surface area contributed by atoms with Gasteiger partial charge in [-0.25, -0.2) is 0 Å². The molecule has 2 nitrogen and oxygen atoms in total. The van der Waals surface area contributed by atoms with Crippen molar-refractivity contribution in [3.8, 4) is 16.8 Å². The Balaban J connectivity index is 1.49. The average molecular weight is 626 g/mol. The average Bonchev–Trinajstić information content (AvgIpc) is 3.63. The van der Waals surface area contributed by atoms with Crippen molar-refractivity contribution in [2.24, 2.45) is 0 Å². The third-order valence-corrected chi connectivity index (χ3v) is 14.8. The predicted molar refractivity (Wildman–Crippen MR) is 201 cm³/mol. The van der Waals surface area contributed by atoms with Gasteiger partial charge in [0, 0.05) is 0 Å². The summed E-state index contributed by atoms with van der Waals surface area (Å²) in [5.74, 6) is 0. The number of fused-ring (bicyclic) bond motifs is 12. The quantitative estimate of drug-likeness (QED) is 0.137. The fourth-order valence-electron chi connectivity index (χ4n) is 9.00. The number of hydrogen-bond acceptors (Lipinski definition) is 1. The molecule has 1 aromatic heterocycles. The fourth-order valence-corrected chi connectivity index (χ4v) is 13.1. The molecule has 9 rings (SSSR count). The van der Waals surface area contributed by atoms with Gasteiger partial charge in [-0.15, -0.1) is 0 Å². The molecule has 0 saturated carbocycles. The van der Waals surface area contributed by atoms with E-state index in [1.54, 1.807) is 0 Å². The van der Waals surface area contributed by atoms with Gasteiger partial charge in [-0.3, -0.25) is 0 Å². The summed E-state index contributed by atoms with van der Waals surface area (Å²) in [7, 11) is -1.05. The van der Waals surface area contributed by atoms with E-state index in [4.69, 9.17) is 4.52 Å². The standard InChI is InChI=1S/C44H36NOP/c1-4-17-30(5-2)47(46-3,31-18-7-6-8-19-31)41-29-16-25-37-42(41)34-21-9-11-23-35(34)44(37)36-24-12-14-28-40(36)45-39-27-13-10-20-32(39)33-22-15-26-38(44)43(33)45/h4-29,47H,1-3H3/b17-4-,30-5+. The molecule has 0 bridgehead atoms. The second-order valence-corrected chi connectivity index (χ2v) is 16.1. The van der Waals surface area contributed by atoms with Crippen LogP contribution < -0.4 is 10.6 Å². The van der Waals surface area contributed by atoms with Crippen LogP contribution in [-0.2, 0) is 9.94 Å². The van der Waals surface area contributed by atoms with Gasteiger partial charge in [0.1, 0.15) is 0 Å². The van der Waals surface area contributed by atoms with Gasteiger partial charge < -0.3 is 0 Å². The minimum absolute atomic E-state index is 0.496. The van der Waals surface area contributed by atoms with Crippen molar-refractivity contribution in [1.29, 1.82) is 0 Å². The van der Waals surface area contributed by atoms with E-state index in [-0.39, 0.29) is 0 Å². The second-order valence-electron chi connectivity index (χ2n) is 12.6. The zero-order chi connectivity index (χ0) is 31.8. The Kier molecular flexibility index (Phi) is 6.31. The van der Waals surface area contributed by atoms with Crippen LogP contribution in [-0.4, -0.2) is 11.7 Å². The molecule has 228 valence electrons. The van der Waals surface area contributed by atoms with Crippen molar-refractivity contribution >= 4 is 39.9 Å². The van der Waals surface area contributed by atoms with Gasteiger partial charge in [0.05, 0.1) is 0 Å². The van der Waals surface area contributed by atoms with Gasteiger partial charge in [0.25, 0.3) is 0 Å². The van der Waals surface area contributed by atoms with Crippen molar-refractivity contribution < 1.29 is 4.52 Å². The zero-order valence-electron chi connectivity index (χ0n) is 26.9. The Hall–Kier alpha value is -5.01. The monoisotopic (exact) mass is 625 g/mol. The molecule has 2 heterocycles. The van der Waals surface area contributed by atoms with Crippen LogP contribution in [0.3, 0.4) is 0 Å². The van der Waals surface area contributed by atoms with Crippen LogP contribution in [0.15, 0.2) is 163 Å². The molecule has 2 aliphatic rings. The number of hydrogen-bond donors (Lipinski definition) is 0. The molecule has 47 heavy (non-hydrogen) atoms. The molecule has 7 aromatic rings. The molecular weight excluding hydrogens is 589 g/mol. The molecular formula is C44H36NOP. The summed E-state index contributed by atoms with van der Waals surface area (Å²) in [5, 5.41) is 6.35. The number of rotatable bonds is 5. The van der Waals surface area contributed by atoms with E-state index in [0.29, 0.717) is 0 Å². The van der Waals surface area contributed by atoms with E-state index in [1.807, 2.05) is 7.11 Å². The van der Waals surface area contributed by atoms with Crippen LogP contribution in [0.4, 0.5) is 0 Å². The van der Waals surface area contributed by atoms with Crippen molar-refractivity contribution in [3.05, 3.63) is 185 Å². The first-order valence-electron chi connectivity index (χ1n) is 16.5. The summed E-state index contributed by atoms with van der Waals surface area (Å²) in [6.45, 7) is 4.25. The predicted octanol–water partition coefficient (Wildman–Crippen LogP) is 10.2. The Morgan fingerprint density at radius 3 is 2.11 bits per heavy atom. The Bertz CT molecular complexity index is 2430. The minimum atomic E-state index is -2.96. The Labute approximate surface area is 276 Å². The SMILES string of the molecule is C/C=C\C(=C/C)[PH](OC)(c1ccccc1)c1cccc2c1-c1ccccc1C21c2ccccc2-n2c3ccccc3c3cccc1c32. The molecule has 0 radical (unpaired) electrons. The Morgan fingerprint density at radius 1 is 0.638 bits per heavy atom. The van der Waals surface area contributed by atoms with Gasteiger partial charge in [-0.05, 0) is 0 Å². The van der Waals surface area contributed by atoms with Crippen LogP contribution >= 0.6 is 7.49 Å². The van der Waals surface area contributed by atoms with E-state index in [0.717, 1.165) is 0 Å².